The standard InChI is InChI=1S/C18H25NO3/c20-16-10-11-19(12-15(16)13-6-4-5-7-13)17(18(21)22)14-8-2-1-3-9-14/h1-3,8-9,13,15-17,20H,4-7,10-12H2,(H,21,22)/t15-,16+,17?/m0/s1. The van der Waals surface area contributed by atoms with Crippen molar-refractivity contribution in [3.63, 3.8) is 0 Å². The Labute approximate surface area is 131 Å². The van der Waals surface area contributed by atoms with Gasteiger partial charge in [-0.25, -0.2) is 0 Å². The van der Waals surface area contributed by atoms with Gasteiger partial charge in [-0.1, -0.05) is 56.0 Å². The summed E-state index contributed by atoms with van der Waals surface area (Å²) in [6.07, 6.45) is 5.25. The Kier molecular flexibility index (Phi) is 4.79. The number of nitrogens with zero attached hydrogens (tertiary/aromatic N) is 1. The SMILES string of the molecule is O=C(O)C(c1ccccc1)N1CC[C@@H](O)[C@H](C2CCCC2)C1. The Morgan fingerprint density at radius 2 is 1.82 bits per heavy atom. The van der Waals surface area contributed by atoms with Crippen molar-refractivity contribution >= 4 is 5.97 Å². The monoisotopic (exact) mass is 303 g/mol. The topological polar surface area (TPSA) is 60.8 Å². The van der Waals surface area contributed by atoms with E-state index in [1.165, 1.54) is 25.7 Å². The maximum absolute atomic E-state index is 11.8. The van der Waals surface area contributed by atoms with E-state index in [1.807, 2.05) is 35.2 Å². The zero-order chi connectivity index (χ0) is 15.5. The molecule has 1 heterocycles. The molecule has 22 heavy (non-hydrogen) atoms. The molecule has 3 rings (SSSR count). The molecule has 4 nitrogen and oxygen atoms in total. The minimum absolute atomic E-state index is 0.224. The minimum atomic E-state index is -0.798. The molecule has 0 bridgehead atoms. The van der Waals surface area contributed by atoms with E-state index >= 15 is 0 Å². The second-order valence-electron chi connectivity index (χ2n) is 6.71. The first-order valence-electron chi connectivity index (χ1n) is 8.36. The fourth-order valence-corrected chi connectivity index (χ4v) is 4.22. The number of aliphatic hydroxyl groups is 1. The third-order valence-electron chi connectivity index (χ3n) is 5.37. The number of aliphatic carboxylic acids is 1. The summed E-state index contributed by atoms with van der Waals surface area (Å²) in [5.74, 6) is -0.0161. The Hall–Kier alpha value is -1.39. The molecule has 0 spiro atoms. The molecule has 2 N–H and O–H groups in total. The molecule has 0 aromatic heterocycles. The Balaban J connectivity index is 1.78. The summed E-state index contributed by atoms with van der Waals surface area (Å²) in [4.78, 5) is 13.9. The first-order valence-corrected chi connectivity index (χ1v) is 8.36. The highest BCUT2D eigenvalue weighted by molar-refractivity contribution is 5.75. The van der Waals surface area contributed by atoms with Gasteiger partial charge in [0.15, 0.2) is 0 Å². The molecule has 4 heteroatoms. The molecule has 0 amide bonds. The number of carboxylic acid groups (broad SMARTS) is 1. The van der Waals surface area contributed by atoms with Crippen LogP contribution >= 0.6 is 0 Å². The van der Waals surface area contributed by atoms with Gasteiger partial charge in [-0.2, -0.15) is 0 Å². The molecule has 0 radical (unpaired) electrons. The lowest BCUT2D eigenvalue weighted by molar-refractivity contribution is -0.146. The van der Waals surface area contributed by atoms with E-state index in [1.54, 1.807) is 0 Å². The van der Waals surface area contributed by atoms with E-state index in [9.17, 15) is 15.0 Å². The van der Waals surface area contributed by atoms with Gasteiger partial charge in [0, 0.05) is 19.0 Å². The lowest BCUT2D eigenvalue weighted by Crippen LogP contribution is -2.48. The molecule has 1 aliphatic heterocycles. The van der Waals surface area contributed by atoms with Gasteiger partial charge in [0.05, 0.1) is 6.10 Å². The van der Waals surface area contributed by atoms with E-state index in [-0.39, 0.29) is 12.0 Å². The van der Waals surface area contributed by atoms with Crippen molar-refractivity contribution < 1.29 is 15.0 Å². The van der Waals surface area contributed by atoms with Crippen molar-refractivity contribution in [2.24, 2.45) is 11.8 Å². The van der Waals surface area contributed by atoms with Crippen LogP contribution in [0.15, 0.2) is 30.3 Å². The van der Waals surface area contributed by atoms with Crippen molar-refractivity contribution in [3.05, 3.63) is 35.9 Å². The quantitative estimate of drug-likeness (QED) is 0.898. The number of piperidine rings is 1. The van der Waals surface area contributed by atoms with Gasteiger partial charge in [-0.05, 0) is 17.9 Å². The van der Waals surface area contributed by atoms with Crippen LogP contribution < -0.4 is 0 Å². The van der Waals surface area contributed by atoms with Gasteiger partial charge < -0.3 is 10.2 Å². The number of aliphatic hydroxyl groups excluding tert-OH is 1. The van der Waals surface area contributed by atoms with Crippen molar-refractivity contribution in [2.75, 3.05) is 13.1 Å². The van der Waals surface area contributed by atoms with E-state index in [2.05, 4.69) is 0 Å². The minimum Gasteiger partial charge on any atom is -0.480 e. The zero-order valence-corrected chi connectivity index (χ0v) is 12.9. The molecule has 2 fully saturated rings. The van der Waals surface area contributed by atoms with Gasteiger partial charge in [-0.15, -0.1) is 0 Å². The number of carboxylic acids is 1. The second kappa shape index (κ2) is 6.80. The number of hydrogen-bond donors (Lipinski definition) is 2. The molecule has 120 valence electrons. The van der Waals surface area contributed by atoms with E-state index in [0.29, 0.717) is 25.4 Å². The highest BCUT2D eigenvalue weighted by Gasteiger charge is 2.39. The first-order chi connectivity index (χ1) is 10.7. The fraction of sp³-hybridized carbons (Fsp3) is 0.611. The van der Waals surface area contributed by atoms with Crippen molar-refractivity contribution in [3.8, 4) is 0 Å². The summed E-state index contributed by atoms with van der Waals surface area (Å²) in [6.45, 7) is 1.34. The highest BCUT2D eigenvalue weighted by Crippen LogP contribution is 2.38. The largest absolute Gasteiger partial charge is 0.480 e. The van der Waals surface area contributed by atoms with Gasteiger partial charge in [-0.3, -0.25) is 9.69 Å². The summed E-state index contributed by atoms with van der Waals surface area (Å²) < 4.78 is 0. The Morgan fingerprint density at radius 3 is 2.45 bits per heavy atom. The lowest BCUT2D eigenvalue weighted by Gasteiger charge is -2.41. The maximum atomic E-state index is 11.8. The van der Waals surface area contributed by atoms with Gasteiger partial charge in [0.1, 0.15) is 6.04 Å². The third kappa shape index (κ3) is 3.18. The lowest BCUT2D eigenvalue weighted by atomic mass is 9.81. The molecular formula is C18H25NO3. The predicted octanol–water partition coefficient (Wildman–Crippen LogP) is 2.69. The number of carbonyl (C=O) groups is 1. The molecule has 3 atom stereocenters. The van der Waals surface area contributed by atoms with E-state index < -0.39 is 12.0 Å². The van der Waals surface area contributed by atoms with Crippen molar-refractivity contribution in [1.82, 2.24) is 4.90 Å². The van der Waals surface area contributed by atoms with Crippen LogP contribution in [0.1, 0.15) is 43.7 Å². The molecular weight excluding hydrogens is 278 g/mol. The van der Waals surface area contributed by atoms with Gasteiger partial charge in [0.25, 0.3) is 0 Å². The summed E-state index contributed by atoms with van der Waals surface area (Å²) in [7, 11) is 0. The van der Waals surface area contributed by atoms with Crippen LogP contribution in [0.5, 0.6) is 0 Å². The smallest absolute Gasteiger partial charge is 0.325 e. The number of likely N-dealkylation sites (tertiary alicyclic amines) is 1. The Bertz CT molecular complexity index is 498. The zero-order valence-electron chi connectivity index (χ0n) is 12.9. The van der Waals surface area contributed by atoms with Crippen LogP contribution in [0.4, 0.5) is 0 Å². The van der Waals surface area contributed by atoms with Gasteiger partial charge >= 0.3 is 5.97 Å². The molecule has 1 unspecified atom stereocenters. The van der Waals surface area contributed by atoms with Crippen LogP contribution in [-0.2, 0) is 4.79 Å². The molecule has 1 saturated heterocycles. The second-order valence-corrected chi connectivity index (χ2v) is 6.71. The number of rotatable bonds is 4. The highest BCUT2D eigenvalue weighted by atomic mass is 16.4. The Morgan fingerprint density at radius 1 is 1.14 bits per heavy atom. The molecule has 1 saturated carbocycles. The fourth-order valence-electron chi connectivity index (χ4n) is 4.22. The average molecular weight is 303 g/mol. The predicted molar refractivity (Wildman–Crippen MR) is 84.5 cm³/mol. The molecule has 1 aromatic rings. The van der Waals surface area contributed by atoms with Crippen LogP contribution in [0.25, 0.3) is 0 Å². The van der Waals surface area contributed by atoms with Crippen LogP contribution in [0.2, 0.25) is 0 Å². The van der Waals surface area contributed by atoms with E-state index in [4.69, 9.17) is 0 Å². The summed E-state index contributed by atoms with van der Waals surface area (Å²) in [5.41, 5.74) is 0.830. The number of hydrogen-bond acceptors (Lipinski definition) is 3. The van der Waals surface area contributed by atoms with Crippen molar-refractivity contribution in [2.45, 2.75) is 44.2 Å². The first kappa shape index (κ1) is 15.5. The van der Waals surface area contributed by atoms with Crippen molar-refractivity contribution in [1.29, 1.82) is 0 Å². The molecule has 2 aliphatic rings. The van der Waals surface area contributed by atoms with Crippen LogP contribution in [0, 0.1) is 11.8 Å². The summed E-state index contributed by atoms with van der Waals surface area (Å²) >= 11 is 0. The maximum Gasteiger partial charge on any atom is 0.325 e. The van der Waals surface area contributed by atoms with E-state index in [0.717, 1.165) is 5.56 Å². The third-order valence-corrected chi connectivity index (χ3v) is 5.37. The normalized spacial score (nSPS) is 28.6. The van der Waals surface area contributed by atoms with Crippen LogP contribution in [0.3, 0.4) is 0 Å². The average Bonchev–Trinajstić information content (AvgIpc) is 3.04. The molecule has 1 aliphatic carbocycles. The summed E-state index contributed by atoms with van der Waals surface area (Å²) in [5, 5.41) is 20.1. The molecule has 1 aromatic carbocycles. The summed E-state index contributed by atoms with van der Waals surface area (Å²) in [6, 6.07) is 8.85. The number of benzene rings is 1. The van der Waals surface area contributed by atoms with Crippen LogP contribution in [-0.4, -0.2) is 40.3 Å². The van der Waals surface area contributed by atoms with Gasteiger partial charge in [0.2, 0.25) is 0 Å².